The summed E-state index contributed by atoms with van der Waals surface area (Å²) in [6.45, 7) is 2.80. The third kappa shape index (κ3) is 8.36. The molecule has 0 aromatic heterocycles. The summed E-state index contributed by atoms with van der Waals surface area (Å²) in [5.74, 6) is -0.285. The summed E-state index contributed by atoms with van der Waals surface area (Å²) in [5.41, 5.74) is 0.796. The zero-order chi connectivity index (χ0) is 19.5. The molecule has 0 radical (unpaired) electrons. The molecule has 2 aromatic carbocycles. The maximum atomic E-state index is 10.7. The number of aliphatic hydroxyl groups is 1. The van der Waals surface area contributed by atoms with E-state index in [2.05, 4.69) is 6.92 Å². The summed E-state index contributed by atoms with van der Waals surface area (Å²) < 4.78 is 5.98. The fourth-order valence-electron chi connectivity index (χ4n) is 2.99. The number of carboxylic acid groups (broad SMARTS) is 1. The summed E-state index contributed by atoms with van der Waals surface area (Å²) in [4.78, 5) is 10.4. The number of unbranched alkanes of at least 4 members (excludes halogenated alkanes) is 3. The van der Waals surface area contributed by atoms with Crippen LogP contribution in [-0.2, 0) is 4.79 Å². The van der Waals surface area contributed by atoms with Crippen molar-refractivity contribution in [2.75, 3.05) is 6.61 Å². The Morgan fingerprint density at radius 3 is 2.54 bits per heavy atom. The van der Waals surface area contributed by atoms with E-state index in [1.165, 1.54) is 0 Å². The third-order valence-electron chi connectivity index (χ3n) is 4.52. The predicted molar refractivity (Wildman–Crippen MR) is 107 cm³/mol. The molecule has 1 N–H and O–H groups in total. The maximum Gasteiger partial charge on any atom is 1.00 e. The molecule has 0 spiro atoms. The molecule has 1 atom stereocenters. The van der Waals surface area contributed by atoms with E-state index in [0.717, 1.165) is 41.3 Å². The molecule has 146 valence electrons. The molecular weight excluding hydrogens is 363 g/mol. The monoisotopic (exact) mass is 392 g/mol. The zero-order valence-electron chi connectivity index (χ0n) is 17.0. The molecule has 0 aliphatic carbocycles. The van der Waals surface area contributed by atoms with Crippen molar-refractivity contribution in [3.8, 4) is 5.75 Å². The third-order valence-corrected chi connectivity index (χ3v) is 4.52. The average molecular weight is 392 g/mol. The molecule has 0 saturated carbocycles. The SMILES string of the molecule is CCCCCOc1cc2ccccc2cc1C(O)C/C=C\CCCC(=O)[O-].[Na+]. The van der Waals surface area contributed by atoms with Crippen LogP contribution in [0, 0.1) is 0 Å². The van der Waals surface area contributed by atoms with Crippen molar-refractivity contribution in [3.63, 3.8) is 0 Å². The number of carboxylic acids is 1. The molecule has 2 rings (SSSR count). The van der Waals surface area contributed by atoms with Crippen LogP contribution in [0.2, 0.25) is 0 Å². The van der Waals surface area contributed by atoms with Crippen molar-refractivity contribution in [3.05, 3.63) is 54.1 Å². The van der Waals surface area contributed by atoms with E-state index in [-0.39, 0.29) is 36.0 Å². The Morgan fingerprint density at radius 2 is 1.86 bits per heavy atom. The van der Waals surface area contributed by atoms with Crippen LogP contribution in [0.5, 0.6) is 5.75 Å². The number of hydrogen-bond acceptors (Lipinski definition) is 4. The van der Waals surface area contributed by atoms with Gasteiger partial charge in [-0.3, -0.25) is 0 Å². The number of allylic oxidation sites excluding steroid dienone is 1. The fraction of sp³-hybridized carbons (Fsp3) is 0.435. The molecule has 4 nitrogen and oxygen atoms in total. The first-order valence-electron chi connectivity index (χ1n) is 9.80. The minimum absolute atomic E-state index is 0. The Kier molecular flexibility index (Phi) is 12.2. The first kappa shape index (κ1) is 24.7. The standard InChI is InChI=1S/C23H30O4.Na/c1-2-3-10-15-27-22-17-19-12-9-8-11-18(19)16-20(22)21(24)13-6-4-5-7-14-23(25)26;/h4,6,8-9,11-12,16-17,21,24H,2-3,5,7,10,13-15H2,1H3,(H,25,26);/q;+1/p-1/b6-4-;. The predicted octanol–water partition coefficient (Wildman–Crippen LogP) is 1.31. The number of fused-ring (bicyclic) bond motifs is 1. The van der Waals surface area contributed by atoms with Crippen LogP contribution in [0.4, 0.5) is 0 Å². The van der Waals surface area contributed by atoms with Crippen molar-refractivity contribution in [2.24, 2.45) is 0 Å². The van der Waals surface area contributed by atoms with Crippen LogP contribution in [0.25, 0.3) is 10.8 Å². The average Bonchev–Trinajstić information content (AvgIpc) is 2.67. The number of rotatable bonds is 12. The first-order valence-corrected chi connectivity index (χ1v) is 9.80. The molecule has 0 saturated heterocycles. The Hall–Kier alpha value is -1.33. The van der Waals surface area contributed by atoms with Gasteiger partial charge in [0, 0.05) is 11.5 Å². The van der Waals surface area contributed by atoms with Crippen molar-refractivity contribution < 1.29 is 49.3 Å². The molecule has 0 fully saturated rings. The van der Waals surface area contributed by atoms with Crippen LogP contribution in [0.1, 0.15) is 63.5 Å². The molecule has 0 bridgehead atoms. The molecule has 28 heavy (non-hydrogen) atoms. The minimum Gasteiger partial charge on any atom is -0.550 e. The van der Waals surface area contributed by atoms with Gasteiger partial charge in [-0.25, -0.2) is 0 Å². The van der Waals surface area contributed by atoms with Gasteiger partial charge < -0.3 is 19.7 Å². The van der Waals surface area contributed by atoms with Crippen LogP contribution in [0.15, 0.2) is 48.6 Å². The number of carbonyl (C=O) groups excluding carboxylic acids is 1. The number of benzene rings is 2. The van der Waals surface area contributed by atoms with E-state index in [4.69, 9.17) is 4.74 Å². The van der Waals surface area contributed by atoms with E-state index in [1.807, 2.05) is 48.6 Å². The second-order valence-corrected chi connectivity index (χ2v) is 6.78. The first-order chi connectivity index (χ1) is 13.1. The molecule has 0 heterocycles. The number of aliphatic hydroxyl groups excluding tert-OH is 1. The van der Waals surface area contributed by atoms with Gasteiger partial charge >= 0.3 is 29.6 Å². The second-order valence-electron chi connectivity index (χ2n) is 6.78. The molecular formula is C23H29NaO4. The van der Waals surface area contributed by atoms with Crippen LogP contribution >= 0.6 is 0 Å². The summed E-state index contributed by atoms with van der Waals surface area (Å²) in [7, 11) is 0. The van der Waals surface area contributed by atoms with Gasteiger partial charge in [-0.05, 0) is 55.0 Å². The maximum absolute atomic E-state index is 10.7. The largest absolute Gasteiger partial charge is 1.00 e. The van der Waals surface area contributed by atoms with E-state index < -0.39 is 12.1 Å². The Bertz CT molecular complexity index is 757. The summed E-state index contributed by atoms with van der Waals surface area (Å²) >= 11 is 0. The molecule has 0 amide bonds. The van der Waals surface area contributed by atoms with E-state index in [9.17, 15) is 15.0 Å². The Labute approximate surface area is 189 Å². The van der Waals surface area contributed by atoms with Crippen molar-refractivity contribution >= 4 is 16.7 Å². The molecule has 0 aliphatic rings. The van der Waals surface area contributed by atoms with E-state index in [0.29, 0.717) is 25.9 Å². The molecule has 0 aliphatic heterocycles. The zero-order valence-corrected chi connectivity index (χ0v) is 19.0. The van der Waals surface area contributed by atoms with Crippen molar-refractivity contribution in [1.82, 2.24) is 0 Å². The fourth-order valence-corrected chi connectivity index (χ4v) is 2.99. The van der Waals surface area contributed by atoms with Gasteiger partial charge in [-0.15, -0.1) is 0 Å². The van der Waals surface area contributed by atoms with Gasteiger partial charge in [0.1, 0.15) is 5.75 Å². The van der Waals surface area contributed by atoms with Gasteiger partial charge in [-0.1, -0.05) is 56.2 Å². The molecule has 2 aromatic rings. The summed E-state index contributed by atoms with van der Waals surface area (Å²) in [6.07, 6.45) is 8.16. The van der Waals surface area contributed by atoms with Crippen molar-refractivity contribution in [2.45, 2.75) is 58.0 Å². The van der Waals surface area contributed by atoms with Gasteiger partial charge in [0.25, 0.3) is 0 Å². The quantitative estimate of drug-likeness (QED) is 0.336. The van der Waals surface area contributed by atoms with Crippen LogP contribution in [-0.4, -0.2) is 17.7 Å². The topological polar surface area (TPSA) is 69.6 Å². The van der Waals surface area contributed by atoms with Gasteiger partial charge in [-0.2, -0.15) is 0 Å². The van der Waals surface area contributed by atoms with E-state index >= 15 is 0 Å². The van der Waals surface area contributed by atoms with Crippen molar-refractivity contribution in [1.29, 1.82) is 0 Å². The Morgan fingerprint density at radius 1 is 1.14 bits per heavy atom. The van der Waals surface area contributed by atoms with Gasteiger partial charge in [0.15, 0.2) is 0 Å². The van der Waals surface area contributed by atoms with Crippen LogP contribution < -0.4 is 39.4 Å². The van der Waals surface area contributed by atoms with Gasteiger partial charge in [0.05, 0.1) is 12.7 Å². The van der Waals surface area contributed by atoms with Crippen LogP contribution in [0.3, 0.4) is 0 Å². The second kappa shape index (κ2) is 13.8. The summed E-state index contributed by atoms with van der Waals surface area (Å²) in [6, 6.07) is 12.1. The van der Waals surface area contributed by atoms with E-state index in [1.54, 1.807) is 0 Å². The van der Waals surface area contributed by atoms with Gasteiger partial charge in [0.2, 0.25) is 0 Å². The minimum atomic E-state index is -1.02. The Balaban J connectivity index is 0.00000392. The smallest absolute Gasteiger partial charge is 0.550 e. The number of ether oxygens (including phenoxy) is 1. The summed E-state index contributed by atoms with van der Waals surface area (Å²) in [5, 5.41) is 23.2. The number of aliphatic carboxylic acids is 1. The molecule has 1 unspecified atom stereocenters. The number of carbonyl (C=O) groups is 1. The number of hydrogen-bond donors (Lipinski definition) is 1. The normalized spacial score (nSPS) is 12.1. The molecule has 5 heteroatoms.